The van der Waals surface area contributed by atoms with Crippen molar-refractivity contribution >= 4 is 0 Å². The van der Waals surface area contributed by atoms with E-state index >= 15 is 0 Å². The standard InChI is InChI=1S/C11H25NO/c1-6-10(5)13-11(7-2)8-12-9(3)4/h9-12H,6-8H2,1-5H3. The molecule has 0 aliphatic rings. The summed E-state index contributed by atoms with van der Waals surface area (Å²) in [6.07, 6.45) is 2.94. The lowest BCUT2D eigenvalue weighted by atomic mass is 10.2. The summed E-state index contributed by atoms with van der Waals surface area (Å²) in [7, 11) is 0. The van der Waals surface area contributed by atoms with E-state index in [1.165, 1.54) is 0 Å². The molecule has 2 nitrogen and oxygen atoms in total. The van der Waals surface area contributed by atoms with E-state index in [1.807, 2.05) is 0 Å². The second-order valence-electron chi connectivity index (χ2n) is 3.95. The van der Waals surface area contributed by atoms with Crippen LogP contribution in [0.2, 0.25) is 0 Å². The molecule has 0 spiro atoms. The van der Waals surface area contributed by atoms with Gasteiger partial charge in [-0.15, -0.1) is 0 Å². The fourth-order valence-corrected chi connectivity index (χ4v) is 1.08. The van der Waals surface area contributed by atoms with E-state index in [1.54, 1.807) is 0 Å². The van der Waals surface area contributed by atoms with Crippen LogP contribution in [0.5, 0.6) is 0 Å². The Labute approximate surface area is 83.1 Å². The molecule has 13 heavy (non-hydrogen) atoms. The maximum atomic E-state index is 5.84. The fraction of sp³-hybridized carbons (Fsp3) is 1.00. The fourth-order valence-electron chi connectivity index (χ4n) is 1.08. The average Bonchev–Trinajstić information content (AvgIpc) is 2.11. The Morgan fingerprint density at radius 2 is 1.69 bits per heavy atom. The molecule has 0 fully saturated rings. The van der Waals surface area contributed by atoms with Crippen molar-refractivity contribution in [1.29, 1.82) is 0 Å². The molecule has 0 aromatic carbocycles. The van der Waals surface area contributed by atoms with E-state index in [4.69, 9.17) is 4.74 Å². The molecule has 0 aliphatic heterocycles. The molecule has 80 valence electrons. The van der Waals surface area contributed by atoms with Crippen molar-refractivity contribution in [1.82, 2.24) is 5.32 Å². The highest BCUT2D eigenvalue weighted by atomic mass is 16.5. The number of rotatable bonds is 7. The lowest BCUT2D eigenvalue weighted by Crippen LogP contribution is -2.34. The normalized spacial score (nSPS) is 16.2. The molecule has 0 heterocycles. The molecule has 2 heteroatoms. The second-order valence-corrected chi connectivity index (χ2v) is 3.95. The number of ether oxygens (including phenoxy) is 1. The molecule has 0 aliphatic carbocycles. The molecular formula is C11H25NO. The smallest absolute Gasteiger partial charge is 0.0700 e. The first-order valence-corrected chi connectivity index (χ1v) is 5.48. The predicted molar refractivity (Wildman–Crippen MR) is 58.1 cm³/mol. The van der Waals surface area contributed by atoms with Crippen molar-refractivity contribution in [3.05, 3.63) is 0 Å². The van der Waals surface area contributed by atoms with Gasteiger partial charge in [-0.1, -0.05) is 27.7 Å². The van der Waals surface area contributed by atoms with Crippen LogP contribution in [-0.2, 0) is 4.74 Å². The van der Waals surface area contributed by atoms with Crippen LogP contribution in [0.4, 0.5) is 0 Å². The maximum Gasteiger partial charge on any atom is 0.0700 e. The van der Waals surface area contributed by atoms with E-state index in [-0.39, 0.29) is 0 Å². The van der Waals surface area contributed by atoms with Crippen LogP contribution in [-0.4, -0.2) is 24.8 Å². The van der Waals surface area contributed by atoms with Gasteiger partial charge >= 0.3 is 0 Å². The summed E-state index contributed by atoms with van der Waals surface area (Å²) in [5.41, 5.74) is 0. The van der Waals surface area contributed by atoms with E-state index in [0.29, 0.717) is 18.2 Å². The summed E-state index contributed by atoms with van der Waals surface area (Å²) in [5, 5.41) is 3.40. The van der Waals surface area contributed by atoms with Crippen molar-refractivity contribution in [3.63, 3.8) is 0 Å². The summed E-state index contributed by atoms with van der Waals surface area (Å²) >= 11 is 0. The number of hydrogen-bond acceptors (Lipinski definition) is 2. The number of nitrogens with one attached hydrogen (secondary N) is 1. The molecule has 0 bridgehead atoms. The summed E-state index contributed by atoms with van der Waals surface area (Å²) in [6.45, 7) is 11.8. The summed E-state index contributed by atoms with van der Waals surface area (Å²) in [6, 6.07) is 0.551. The van der Waals surface area contributed by atoms with Crippen LogP contribution in [0.15, 0.2) is 0 Å². The third-order valence-corrected chi connectivity index (χ3v) is 2.21. The van der Waals surface area contributed by atoms with Gasteiger partial charge in [0.25, 0.3) is 0 Å². The van der Waals surface area contributed by atoms with Gasteiger partial charge in [0.1, 0.15) is 0 Å². The molecule has 0 amide bonds. The molecule has 0 saturated carbocycles. The van der Waals surface area contributed by atoms with Gasteiger partial charge in [0.2, 0.25) is 0 Å². The highest BCUT2D eigenvalue weighted by Crippen LogP contribution is 2.04. The van der Waals surface area contributed by atoms with Gasteiger partial charge < -0.3 is 10.1 Å². The summed E-state index contributed by atoms with van der Waals surface area (Å²) in [5.74, 6) is 0. The Morgan fingerprint density at radius 3 is 2.08 bits per heavy atom. The third-order valence-electron chi connectivity index (χ3n) is 2.21. The zero-order valence-electron chi connectivity index (χ0n) is 9.76. The van der Waals surface area contributed by atoms with Gasteiger partial charge in [-0.25, -0.2) is 0 Å². The highest BCUT2D eigenvalue weighted by molar-refractivity contribution is 4.63. The first-order chi connectivity index (χ1) is 6.10. The minimum Gasteiger partial charge on any atom is -0.374 e. The minimum absolute atomic E-state index is 0.373. The zero-order chi connectivity index (χ0) is 10.3. The average molecular weight is 187 g/mol. The van der Waals surface area contributed by atoms with Crippen molar-refractivity contribution in [3.8, 4) is 0 Å². The second kappa shape index (κ2) is 7.34. The van der Waals surface area contributed by atoms with E-state index in [2.05, 4.69) is 39.9 Å². The van der Waals surface area contributed by atoms with Crippen LogP contribution in [0.3, 0.4) is 0 Å². The van der Waals surface area contributed by atoms with Crippen molar-refractivity contribution in [2.24, 2.45) is 0 Å². The highest BCUT2D eigenvalue weighted by Gasteiger charge is 2.10. The lowest BCUT2D eigenvalue weighted by molar-refractivity contribution is -0.00550. The first kappa shape index (κ1) is 12.9. The van der Waals surface area contributed by atoms with Gasteiger partial charge in [0, 0.05) is 12.6 Å². The Hall–Kier alpha value is -0.0800. The Bertz CT molecular complexity index is 115. The van der Waals surface area contributed by atoms with Gasteiger partial charge in [-0.2, -0.15) is 0 Å². The zero-order valence-corrected chi connectivity index (χ0v) is 9.76. The molecule has 2 unspecified atom stereocenters. The van der Waals surface area contributed by atoms with E-state index in [9.17, 15) is 0 Å². The first-order valence-electron chi connectivity index (χ1n) is 5.48. The third kappa shape index (κ3) is 7.03. The molecule has 0 radical (unpaired) electrons. The van der Waals surface area contributed by atoms with Gasteiger partial charge in [0.05, 0.1) is 12.2 Å². The Kier molecular flexibility index (Phi) is 7.29. The molecule has 0 rings (SSSR count). The minimum atomic E-state index is 0.373. The number of hydrogen-bond donors (Lipinski definition) is 1. The molecule has 1 N–H and O–H groups in total. The van der Waals surface area contributed by atoms with Gasteiger partial charge in [-0.05, 0) is 19.8 Å². The molecule has 2 atom stereocenters. The van der Waals surface area contributed by atoms with Crippen LogP contribution in [0, 0.1) is 0 Å². The maximum absolute atomic E-state index is 5.84. The van der Waals surface area contributed by atoms with Crippen LogP contribution in [0.25, 0.3) is 0 Å². The summed E-state index contributed by atoms with van der Waals surface area (Å²) in [4.78, 5) is 0. The van der Waals surface area contributed by atoms with Gasteiger partial charge in [0.15, 0.2) is 0 Å². The van der Waals surface area contributed by atoms with Crippen LogP contribution in [0.1, 0.15) is 47.5 Å². The lowest BCUT2D eigenvalue weighted by Gasteiger charge is -2.22. The van der Waals surface area contributed by atoms with Crippen LogP contribution >= 0.6 is 0 Å². The topological polar surface area (TPSA) is 21.3 Å². The SMILES string of the molecule is CCC(C)OC(CC)CNC(C)C. The monoisotopic (exact) mass is 187 g/mol. The largest absolute Gasteiger partial charge is 0.374 e. The molecular weight excluding hydrogens is 162 g/mol. The summed E-state index contributed by atoms with van der Waals surface area (Å²) < 4.78 is 5.84. The molecule has 0 aromatic rings. The van der Waals surface area contributed by atoms with Crippen molar-refractivity contribution in [2.45, 2.75) is 65.7 Å². The predicted octanol–water partition coefficient (Wildman–Crippen LogP) is 2.58. The Morgan fingerprint density at radius 1 is 1.08 bits per heavy atom. The van der Waals surface area contributed by atoms with Crippen molar-refractivity contribution in [2.75, 3.05) is 6.54 Å². The van der Waals surface area contributed by atoms with Gasteiger partial charge in [-0.3, -0.25) is 0 Å². The molecule has 0 aromatic heterocycles. The van der Waals surface area contributed by atoms with E-state index < -0.39 is 0 Å². The molecule has 0 saturated heterocycles. The Balaban J connectivity index is 3.62. The van der Waals surface area contributed by atoms with E-state index in [0.717, 1.165) is 19.4 Å². The van der Waals surface area contributed by atoms with Crippen LogP contribution < -0.4 is 5.32 Å². The van der Waals surface area contributed by atoms with Crippen molar-refractivity contribution < 1.29 is 4.74 Å². The quantitative estimate of drug-likeness (QED) is 0.661.